The number of carbonyl (C=O) groups excluding carboxylic acids is 1. The van der Waals surface area contributed by atoms with Gasteiger partial charge in [0.15, 0.2) is 0 Å². The van der Waals surface area contributed by atoms with Crippen LogP contribution < -0.4 is 5.32 Å². The van der Waals surface area contributed by atoms with Crippen LogP contribution in [0.4, 0.5) is 17.6 Å². The van der Waals surface area contributed by atoms with Crippen LogP contribution in [0.3, 0.4) is 0 Å². The number of halogens is 4. The molecule has 1 saturated heterocycles. The molecule has 0 spiro atoms. The zero-order valence-corrected chi connectivity index (χ0v) is 18.9. The fourth-order valence-corrected chi connectivity index (χ4v) is 4.38. The summed E-state index contributed by atoms with van der Waals surface area (Å²) in [6.45, 7) is 0.918. The SMILES string of the molecule is N#Cc1ccc([C@H](c2ccc(C(F)(F)F)cc2)N2CCC(NC(=O)c3ccc(C#N)cc3F)C2)cc1. The molecule has 1 heterocycles. The van der Waals surface area contributed by atoms with Crippen molar-refractivity contribution in [2.24, 2.45) is 0 Å². The molecule has 1 aliphatic rings. The number of hydrogen-bond donors (Lipinski definition) is 1. The quantitative estimate of drug-likeness (QED) is 0.498. The van der Waals surface area contributed by atoms with Crippen molar-refractivity contribution in [1.82, 2.24) is 10.2 Å². The average molecular weight is 492 g/mol. The zero-order valence-electron chi connectivity index (χ0n) is 18.9. The standard InChI is InChI=1S/C27H20F4N4O/c28-24-13-18(15-33)3-10-23(24)26(36)34-22-11-12-35(16-22)25(19-4-1-17(14-32)2-5-19)20-6-8-21(9-7-20)27(29,30)31/h1-10,13,22,25H,11-12,16H2,(H,34,36)/t22?,25-/m1/s1. The van der Waals surface area contributed by atoms with E-state index in [2.05, 4.69) is 5.32 Å². The summed E-state index contributed by atoms with van der Waals surface area (Å²) in [5.41, 5.74) is 1.08. The first-order chi connectivity index (χ1) is 17.2. The van der Waals surface area contributed by atoms with Crippen molar-refractivity contribution in [2.75, 3.05) is 13.1 Å². The van der Waals surface area contributed by atoms with Gasteiger partial charge in [-0.05, 0) is 60.0 Å². The number of carbonyl (C=O) groups is 1. The van der Waals surface area contributed by atoms with Crippen LogP contribution in [0.5, 0.6) is 0 Å². The summed E-state index contributed by atoms with van der Waals surface area (Å²) in [4.78, 5) is 14.7. The molecule has 1 amide bonds. The molecular weight excluding hydrogens is 472 g/mol. The molecular formula is C27H20F4N4O. The molecule has 9 heteroatoms. The van der Waals surface area contributed by atoms with Crippen molar-refractivity contribution in [3.05, 3.63) is 106 Å². The van der Waals surface area contributed by atoms with Gasteiger partial charge in [0.2, 0.25) is 0 Å². The molecule has 0 aromatic heterocycles. The first-order valence-electron chi connectivity index (χ1n) is 11.1. The number of nitriles is 2. The maximum absolute atomic E-state index is 14.3. The Kier molecular flexibility index (Phi) is 7.05. The van der Waals surface area contributed by atoms with Crippen LogP contribution in [0.2, 0.25) is 0 Å². The van der Waals surface area contributed by atoms with Crippen LogP contribution in [-0.4, -0.2) is 29.9 Å². The first-order valence-corrected chi connectivity index (χ1v) is 11.1. The average Bonchev–Trinajstić information content (AvgIpc) is 3.31. The van der Waals surface area contributed by atoms with Crippen molar-refractivity contribution in [3.8, 4) is 12.1 Å². The van der Waals surface area contributed by atoms with Gasteiger partial charge in [-0.1, -0.05) is 24.3 Å². The number of alkyl halides is 3. The normalized spacial score (nSPS) is 16.7. The van der Waals surface area contributed by atoms with E-state index in [4.69, 9.17) is 10.5 Å². The van der Waals surface area contributed by atoms with Crippen LogP contribution in [-0.2, 0) is 6.18 Å². The fourth-order valence-electron chi connectivity index (χ4n) is 4.38. The number of nitrogens with one attached hydrogen (secondary N) is 1. The zero-order chi connectivity index (χ0) is 25.9. The Morgan fingerprint density at radius 2 is 1.53 bits per heavy atom. The van der Waals surface area contributed by atoms with Crippen molar-refractivity contribution in [1.29, 1.82) is 10.5 Å². The molecule has 0 bridgehead atoms. The molecule has 36 heavy (non-hydrogen) atoms. The molecule has 1 aliphatic heterocycles. The van der Waals surface area contributed by atoms with Gasteiger partial charge in [0, 0.05) is 19.1 Å². The van der Waals surface area contributed by atoms with Crippen molar-refractivity contribution >= 4 is 5.91 Å². The number of rotatable bonds is 5. The van der Waals surface area contributed by atoms with E-state index in [1.165, 1.54) is 24.3 Å². The highest BCUT2D eigenvalue weighted by atomic mass is 19.4. The predicted octanol–water partition coefficient (Wildman–Crippen LogP) is 5.18. The van der Waals surface area contributed by atoms with Crippen LogP contribution >= 0.6 is 0 Å². The van der Waals surface area contributed by atoms with E-state index in [0.717, 1.165) is 23.8 Å². The summed E-state index contributed by atoms with van der Waals surface area (Å²) in [5, 5.41) is 20.8. The number of benzene rings is 3. The monoisotopic (exact) mass is 492 g/mol. The lowest BCUT2D eigenvalue weighted by atomic mass is 9.95. The van der Waals surface area contributed by atoms with Gasteiger partial charge < -0.3 is 5.32 Å². The summed E-state index contributed by atoms with van der Waals surface area (Å²) in [5.74, 6) is -1.39. The molecule has 0 saturated carbocycles. The maximum Gasteiger partial charge on any atom is 0.416 e. The van der Waals surface area contributed by atoms with Gasteiger partial charge in [0.25, 0.3) is 5.91 Å². The molecule has 0 aliphatic carbocycles. The second kappa shape index (κ2) is 10.2. The largest absolute Gasteiger partial charge is 0.416 e. The van der Waals surface area contributed by atoms with Gasteiger partial charge in [-0.2, -0.15) is 23.7 Å². The van der Waals surface area contributed by atoms with E-state index in [0.29, 0.717) is 30.6 Å². The van der Waals surface area contributed by atoms with Crippen LogP contribution in [0.15, 0.2) is 66.7 Å². The molecule has 4 rings (SSSR count). The van der Waals surface area contributed by atoms with Gasteiger partial charge in [0.1, 0.15) is 5.82 Å². The van der Waals surface area contributed by atoms with E-state index in [-0.39, 0.29) is 17.2 Å². The minimum absolute atomic E-state index is 0.109. The van der Waals surface area contributed by atoms with Crippen LogP contribution in [0, 0.1) is 28.5 Å². The molecule has 3 aromatic rings. The summed E-state index contributed by atoms with van der Waals surface area (Å²) in [7, 11) is 0. The lowest BCUT2D eigenvalue weighted by molar-refractivity contribution is -0.137. The number of hydrogen-bond acceptors (Lipinski definition) is 4. The topological polar surface area (TPSA) is 79.9 Å². The Balaban J connectivity index is 1.56. The third kappa shape index (κ3) is 5.37. The third-order valence-electron chi connectivity index (χ3n) is 6.17. The van der Waals surface area contributed by atoms with Crippen molar-refractivity contribution in [3.63, 3.8) is 0 Å². The highest BCUT2D eigenvalue weighted by molar-refractivity contribution is 5.94. The lowest BCUT2D eigenvalue weighted by Crippen LogP contribution is -2.38. The van der Waals surface area contributed by atoms with Gasteiger partial charge >= 0.3 is 6.18 Å². The second-order valence-corrected chi connectivity index (χ2v) is 8.52. The van der Waals surface area contributed by atoms with E-state index >= 15 is 0 Å². The van der Waals surface area contributed by atoms with E-state index in [1.807, 2.05) is 17.0 Å². The number of likely N-dealkylation sites (tertiary alicyclic amines) is 1. The summed E-state index contributed by atoms with van der Waals surface area (Å²) >= 11 is 0. The summed E-state index contributed by atoms with van der Waals surface area (Å²) in [6.07, 6.45) is -3.90. The molecule has 1 unspecified atom stereocenters. The van der Waals surface area contributed by atoms with Crippen LogP contribution in [0.25, 0.3) is 0 Å². The Labute approximate surface area is 205 Å². The third-order valence-corrected chi connectivity index (χ3v) is 6.17. The van der Waals surface area contributed by atoms with Gasteiger partial charge in [-0.3, -0.25) is 9.69 Å². The summed E-state index contributed by atoms with van der Waals surface area (Å²) < 4.78 is 53.5. The Morgan fingerprint density at radius 3 is 2.08 bits per heavy atom. The molecule has 2 atom stereocenters. The van der Waals surface area contributed by atoms with Gasteiger partial charge in [0.05, 0.1) is 40.4 Å². The Morgan fingerprint density at radius 1 is 0.944 bits per heavy atom. The first kappa shape index (κ1) is 24.9. The maximum atomic E-state index is 14.3. The van der Waals surface area contributed by atoms with Gasteiger partial charge in [-0.25, -0.2) is 4.39 Å². The van der Waals surface area contributed by atoms with E-state index in [9.17, 15) is 22.4 Å². The lowest BCUT2D eigenvalue weighted by Gasteiger charge is -2.29. The molecule has 182 valence electrons. The molecule has 3 aromatic carbocycles. The van der Waals surface area contributed by atoms with Crippen molar-refractivity contribution < 1.29 is 22.4 Å². The van der Waals surface area contributed by atoms with Crippen molar-refractivity contribution in [2.45, 2.75) is 24.7 Å². The van der Waals surface area contributed by atoms with Crippen LogP contribution in [0.1, 0.15) is 50.6 Å². The molecule has 1 N–H and O–H groups in total. The number of nitrogens with zero attached hydrogens (tertiary/aromatic N) is 3. The van der Waals surface area contributed by atoms with Gasteiger partial charge in [-0.15, -0.1) is 0 Å². The molecule has 0 radical (unpaired) electrons. The molecule has 1 fully saturated rings. The Hall–Kier alpha value is -4.21. The summed E-state index contributed by atoms with van der Waals surface area (Å²) in [6, 6.07) is 18.5. The Bertz CT molecular complexity index is 1340. The fraction of sp³-hybridized carbons (Fsp3) is 0.222. The predicted molar refractivity (Wildman–Crippen MR) is 123 cm³/mol. The van der Waals surface area contributed by atoms with E-state index < -0.39 is 29.5 Å². The minimum atomic E-state index is -4.45. The highest BCUT2D eigenvalue weighted by Crippen LogP contribution is 2.35. The van der Waals surface area contributed by atoms with E-state index in [1.54, 1.807) is 24.3 Å². The smallest absolute Gasteiger partial charge is 0.348 e. The number of amides is 1. The second-order valence-electron chi connectivity index (χ2n) is 8.52. The minimum Gasteiger partial charge on any atom is -0.348 e. The highest BCUT2D eigenvalue weighted by Gasteiger charge is 2.33. The molecule has 5 nitrogen and oxygen atoms in total.